The number of hydrogen-bond donors (Lipinski definition) is 1. The molecule has 0 aliphatic carbocycles. The van der Waals surface area contributed by atoms with Crippen LogP contribution in [0.3, 0.4) is 0 Å². The van der Waals surface area contributed by atoms with Crippen LogP contribution in [-0.4, -0.2) is 26.6 Å². The van der Waals surface area contributed by atoms with Gasteiger partial charge >= 0.3 is 5.97 Å². The summed E-state index contributed by atoms with van der Waals surface area (Å²) in [5.41, 5.74) is 1.07. The quantitative estimate of drug-likeness (QED) is 0.874. The van der Waals surface area contributed by atoms with Crippen LogP contribution in [0.1, 0.15) is 39.0 Å². The number of nitrogens with zero attached hydrogens (tertiary/aromatic N) is 2. The van der Waals surface area contributed by atoms with E-state index in [0.717, 1.165) is 6.07 Å². The molecule has 2 rings (SSSR count). The van der Waals surface area contributed by atoms with Gasteiger partial charge in [-0.25, -0.2) is 13.9 Å². The molecule has 104 valence electrons. The highest BCUT2D eigenvalue weighted by Gasteiger charge is 2.20. The van der Waals surface area contributed by atoms with Gasteiger partial charge in [-0.05, 0) is 39.0 Å². The maximum absolute atomic E-state index is 14.1. The van der Waals surface area contributed by atoms with Crippen LogP contribution < -0.4 is 0 Å². The number of carbonyl (C=O) groups is 2. The van der Waals surface area contributed by atoms with Crippen LogP contribution in [0.5, 0.6) is 0 Å². The predicted molar refractivity (Wildman–Crippen MR) is 70.0 cm³/mol. The van der Waals surface area contributed by atoms with Gasteiger partial charge in [0.25, 0.3) is 0 Å². The molecular weight excluding hydrogens is 263 g/mol. The summed E-state index contributed by atoms with van der Waals surface area (Å²) in [4.78, 5) is 22.3. The highest BCUT2D eigenvalue weighted by atomic mass is 19.1. The predicted octanol–water partition coefficient (Wildman–Crippen LogP) is 2.53. The Kier molecular flexibility index (Phi) is 3.40. The van der Waals surface area contributed by atoms with E-state index in [2.05, 4.69) is 5.10 Å². The molecule has 1 aromatic heterocycles. The molecule has 2 aromatic rings. The second kappa shape index (κ2) is 4.88. The van der Waals surface area contributed by atoms with Crippen LogP contribution in [0, 0.1) is 19.7 Å². The van der Waals surface area contributed by atoms with E-state index in [0.29, 0.717) is 11.4 Å². The summed E-state index contributed by atoms with van der Waals surface area (Å²) in [6.07, 6.45) is 0. The molecule has 5 nitrogen and oxygen atoms in total. The molecule has 0 unspecified atom stereocenters. The van der Waals surface area contributed by atoms with Crippen LogP contribution in [-0.2, 0) is 0 Å². The number of halogens is 1. The average Bonchev–Trinajstić information content (AvgIpc) is 2.64. The van der Waals surface area contributed by atoms with Crippen LogP contribution in [0.2, 0.25) is 0 Å². The van der Waals surface area contributed by atoms with E-state index in [1.54, 1.807) is 13.8 Å². The lowest BCUT2D eigenvalue weighted by Gasteiger charge is -2.07. The number of benzene rings is 1. The Morgan fingerprint density at radius 1 is 1.30 bits per heavy atom. The van der Waals surface area contributed by atoms with Crippen molar-refractivity contribution in [2.24, 2.45) is 0 Å². The Labute approximate surface area is 114 Å². The summed E-state index contributed by atoms with van der Waals surface area (Å²) in [7, 11) is 0. The summed E-state index contributed by atoms with van der Waals surface area (Å²) in [5, 5.41) is 13.1. The van der Waals surface area contributed by atoms with Crippen LogP contribution in [0.25, 0.3) is 5.69 Å². The minimum atomic E-state index is -1.10. The number of carboxylic acid groups (broad SMARTS) is 1. The summed E-state index contributed by atoms with van der Waals surface area (Å²) in [5.74, 6) is -1.97. The largest absolute Gasteiger partial charge is 0.478 e. The first kappa shape index (κ1) is 13.9. The zero-order valence-corrected chi connectivity index (χ0v) is 11.3. The standard InChI is InChI=1S/C14H13FN2O3/c1-7-13(14(19)20)8(2)17(16-7)12-5-4-10(9(3)18)6-11(12)15/h4-6H,1-3H3,(H,19,20). The van der Waals surface area contributed by atoms with E-state index in [9.17, 15) is 14.0 Å². The van der Waals surface area contributed by atoms with Gasteiger partial charge in [-0.15, -0.1) is 0 Å². The highest BCUT2D eigenvalue weighted by Crippen LogP contribution is 2.21. The number of aryl methyl sites for hydroxylation is 1. The van der Waals surface area contributed by atoms with Crippen molar-refractivity contribution in [3.05, 3.63) is 46.5 Å². The van der Waals surface area contributed by atoms with Crippen LogP contribution in [0.4, 0.5) is 4.39 Å². The topological polar surface area (TPSA) is 72.2 Å². The Morgan fingerprint density at radius 3 is 2.40 bits per heavy atom. The van der Waals surface area contributed by atoms with E-state index in [1.165, 1.54) is 23.7 Å². The number of rotatable bonds is 3. The van der Waals surface area contributed by atoms with Gasteiger partial charge < -0.3 is 5.11 Å². The average molecular weight is 276 g/mol. The summed E-state index contributed by atoms with van der Waals surface area (Å²) < 4.78 is 15.3. The fraction of sp³-hybridized carbons (Fsp3) is 0.214. The maximum atomic E-state index is 14.1. The van der Waals surface area contributed by atoms with Gasteiger partial charge in [0.05, 0.1) is 11.4 Å². The van der Waals surface area contributed by atoms with Crippen molar-refractivity contribution in [3.8, 4) is 5.69 Å². The summed E-state index contributed by atoms with van der Waals surface area (Å²) in [6.45, 7) is 4.46. The number of carboxylic acids is 1. The molecule has 0 aliphatic heterocycles. The molecule has 20 heavy (non-hydrogen) atoms. The monoisotopic (exact) mass is 276 g/mol. The smallest absolute Gasteiger partial charge is 0.339 e. The molecule has 1 aromatic carbocycles. The van der Waals surface area contributed by atoms with Gasteiger partial charge in [-0.1, -0.05) is 0 Å². The summed E-state index contributed by atoms with van der Waals surface area (Å²) >= 11 is 0. The van der Waals surface area contributed by atoms with E-state index in [1.807, 2.05) is 0 Å². The minimum absolute atomic E-state index is 0.0556. The van der Waals surface area contributed by atoms with Crippen molar-refractivity contribution in [3.63, 3.8) is 0 Å². The lowest BCUT2D eigenvalue weighted by atomic mass is 10.1. The van der Waals surface area contributed by atoms with Gasteiger partial charge in [0.15, 0.2) is 5.78 Å². The van der Waals surface area contributed by atoms with Gasteiger partial charge in [0.1, 0.15) is 17.1 Å². The van der Waals surface area contributed by atoms with Crippen molar-refractivity contribution in [2.75, 3.05) is 0 Å². The summed E-state index contributed by atoms with van der Waals surface area (Å²) in [6, 6.07) is 4.02. The number of aromatic carboxylic acids is 1. The molecule has 0 fully saturated rings. The second-order valence-electron chi connectivity index (χ2n) is 4.49. The van der Waals surface area contributed by atoms with Crippen molar-refractivity contribution >= 4 is 11.8 Å². The van der Waals surface area contributed by atoms with Crippen molar-refractivity contribution in [1.29, 1.82) is 0 Å². The lowest BCUT2D eigenvalue weighted by Crippen LogP contribution is -2.05. The van der Waals surface area contributed by atoms with E-state index in [4.69, 9.17) is 5.11 Å². The van der Waals surface area contributed by atoms with Gasteiger partial charge in [0.2, 0.25) is 0 Å². The maximum Gasteiger partial charge on any atom is 0.339 e. The molecule has 1 heterocycles. The fourth-order valence-corrected chi connectivity index (χ4v) is 2.08. The third-order valence-corrected chi connectivity index (χ3v) is 3.09. The third-order valence-electron chi connectivity index (χ3n) is 3.09. The van der Waals surface area contributed by atoms with E-state index < -0.39 is 11.8 Å². The first-order chi connectivity index (χ1) is 9.32. The van der Waals surface area contributed by atoms with Gasteiger partial charge in [0, 0.05) is 5.56 Å². The van der Waals surface area contributed by atoms with Crippen molar-refractivity contribution in [1.82, 2.24) is 9.78 Å². The molecule has 0 amide bonds. The Hall–Kier alpha value is -2.50. The van der Waals surface area contributed by atoms with Gasteiger partial charge in [-0.2, -0.15) is 5.10 Å². The SMILES string of the molecule is CC(=O)c1ccc(-n2nc(C)c(C(=O)O)c2C)c(F)c1. The first-order valence-electron chi connectivity index (χ1n) is 5.93. The molecule has 0 aliphatic rings. The molecule has 0 spiro atoms. The Balaban J connectivity index is 2.61. The highest BCUT2D eigenvalue weighted by molar-refractivity contribution is 5.94. The number of carbonyl (C=O) groups excluding carboxylic acids is 1. The van der Waals surface area contributed by atoms with E-state index in [-0.39, 0.29) is 22.6 Å². The molecule has 0 atom stereocenters. The van der Waals surface area contributed by atoms with Crippen LogP contribution >= 0.6 is 0 Å². The lowest BCUT2D eigenvalue weighted by molar-refractivity contribution is 0.0695. The molecule has 1 N–H and O–H groups in total. The Bertz CT molecular complexity index is 719. The van der Waals surface area contributed by atoms with Crippen molar-refractivity contribution < 1.29 is 19.1 Å². The molecule has 0 saturated heterocycles. The number of ketones is 1. The van der Waals surface area contributed by atoms with Crippen molar-refractivity contribution in [2.45, 2.75) is 20.8 Å². The minimum Gasteiger partial charge on any atom is -0.478 e. The fourth-order valence-electron chi connectivity index (χ4n) is 2.08. The van der Waals surface area contributed by atoms with Crippen LogP contribution in [0.15, 0.2) is 18.2 Å². The number of hydrogen-bond acceptors (Lipinski definition) is 3. The molecule has 0 bridgehead atoms. The number of Topliss-reactive ketones (excluding diaryl/α,β-unsaturated/α-hetero) is 1. The molecule has 0 saturated carbocycles. The molecule has 6 heteroatoms. The third kappa shape index (κ3) is 2.20. The zero-order valence-electron chi connectivity index (χ0n) is 11.3. The second-order valence-corrected chi connectivity index (χ2v) is 4.49. The molecule has 0 radical (unpaired) electrons. The zero-order chi connectivity index (χ0) is 15.0. The van der Waals surface area contributed by atoms with E-state index >= 15 is 0 Å². The normalized spacial score (nSPS) is 10.6. The first-order valence-corrected chi connectivity index (χ1v) is 5.93. The Morgan fingerprint density at radius 2 is 1.95 bits per heavy atom. The number of aromatic nitrogens is 2. The van der Waals surface area contributed by atoms with Gasteiger partial charge in [-0.3, -0.25) is 4.79 Å². The molecular formula is C14H13FN2O3.